The number of H-pyrrole nitrogens is 1. The summed E-state index contributed by atoms with van der Waals surface area (Å²) in [6.45, 7) is 2.29. The number of halogens is 3. The lowest BCUT2D eigenvalue weighted by Crippen LogP contribution is -2.21. The molecule has 108 valence electrons. The van der Waals surface area contributed by atoms with Crippen molar-refractivity contribution in [2.75, 3.05) is 0 Å². The van der Waals surface area contributed by atoms with Crippen LogP contribution in [0.5, 0.6) is 0 Å². The number of hydrogen-bond donors (Lipinski definition) is 2. The van der Waals surface area contributed by atoms with Crippen molar-refractivity contribution in [2.24, 2.45) is 0 Å². The molecular formula is C14H16F3N3. The van der Waals surface area contributed by atoms with Crippen LogP contribution in [0.25, 0.3) is 0 Å². The minimum Gasteiger partial charge on any atom is -0.337 e. The maximum absolute atomic E-state index is 12.4. The van der Waals surface area contributed by atoms with E-state index < -0.39 is 11.9 Å². The molecule has 0 aliphatic rings. The molecule has 6 heteroatoms. The maximum Gasteiger partial charge on any atom is 0.432 e. The molecule has 2 rings (SSSR count). The molecule has 3 nitrogen and oxygen atoms in total. The molecule has 0 aliphatic heterocycles. The zero-order valence-corrected chi connectivity index (χ0v) is 11.0. The fourth-order valence-corrected chi connectivity index (χ4v) is 2.00. The summed E-state index contributed by atoms with van der Waals surface area (Å²) in [5.41, 5.74) is 0.291. The van der Waals surface area contributed by atoms with Gasteiger partial charge in [-0.2, -0.15) is 13.2 Å². The van der Waals surface area contributed by atoms with E-state index in [2.05, 4.69) is 15.3 Å². The lowest BCUT2D eigenvalue weighted by Gasteiger charge is -2.16. The molecule has 1 heterocycles. The third kappa shape index (κ3) is 3.60. The first kappa shape index (κ1) is 14.6. The Hall–Kier alpha value is -1.82. The van der Waals surface area contributed by atoms with Crippen molar-refractivity contribution in [3.8, 4) is 0 Å². The summed E-state index contributed by atoms with van der Waals surface area (Å²) in [6, 6.07) is 9.88. The van der Waals surface area contributed by atoms with E-state index in [1.54, 1.807) is 0 Å². The Bertz CT molecular complexity index is 534. The predicted octanol–water partition coefficient (Wildman–Crippen LogP) is 3.67. The second-order valence-corrected chi connectivity index (χ2v) is 4.49. The minimum atomic E-state index is -4.38. The smallest absolute Gasteiger partial charge is 0.337 e. The van der Waals surface area contributed by atoms with E-state index in [0.717, 1.165) is 18.2 Å². The molecule has 20 heavy (non-hydrogen) atoms. The van der Waals surface area contributed by atoms with Crippen molar-refractivity contribution in [2.45, 2.75) is 32.1 Å². The first-order valence-electron chi connectivity index (χ1n) is 6.40. The molecule has 0 bridgehead atoms. The summed E-state index contributed by atoms with van der Waals surface area (Å²) in [7, 11) is 0. The summed E-state index contributed by atoms with van der Waals surface area (Å²) in [5, 5.41) is 3.21. The average Bonchev–Trinajstić information content (AvgIpc) is 2.89. The molecule has 0 fully saturated rings. The van der Waals surface area contributed by atoms with Gasteiger partial charge in [-0.15, -0.1) is 0 Å². The van der Waals surface area contributed by atoms with Crippen LogP contribution in [0.4, 0.5) is 13.2 Å². The molecule has 0 radical (unpaired) electrons. The van der Waals surface area contributed by atoms with Crippen molar-refractivity contribution in [1.29, 1.82) is 0 Å². The van der Waals surface area contributed by atoms with Gasteiger partial charge in [0.2, 0.25) is 0 Å². The Morgan fingerprint density at radius 2 is 1.95 bits per heavy atom. The minimum absolute atomic E-state index is 0.0932. The molecule has 0 saturated heterocycles. The van der Waals surface area contributed by atoms with Crippen molar-refractivity contribution in [3.05, 3.63) is 53.6 Å². The van der Waals surface area contributed by atoms with Gasteiger partial charge in [0.1, 0.15) is 11.5 Å². The second kappa shape index (κ2) is 6.09. The van der Waals surface area contributed by atoms with Crippen molar-refractivity contribution >= 4 is 0 Å². The molecule has 2 aromatic rings. The quantitative estimate of drug-likeness (QED) is 0.879. The number of aromatic amines is 1. The third-order valence-corrected chi connectivity index (χ3v) is 3.06. The molecule has 0 aliphatic carbocycles. The Labute approximate surface area is 115 Å². The monoisotopic (exact) mass is 283 g/mol. The Morgan fingerprint density at radius 1 is 1.25 bits per heavy atom. The molecule has 0 saturated carbocycles. The SMILES string of the molecule is CCC(NCc1ncc(C(F)(F)F)[nH]1)c1ccccc1. The van der Waals surface area contributed by atoms with E-state index in [4.69, 9.17) is 0 Å². The van der Waals surface area contributed by atoms with Crippen LogP contribution in [-0.4, -0.2) is 9.97 Å². The number of alkyl halides is 3. The lowest BCUT2D eigenvalue weighted by atomic mass is 10.0. The largest absolute Gasteiger partial charge is 0.432 e. The zero-order chi connectivity index (χ0) is 14.6. The van der Waals surface area contributed by atoms with Crippen molar-refractivity contribution < 1.29 is 13.2 Å². The molecule has 1 aromatic heterocycles. The highest BCUT2D eigenvalue weighted by Crippen LogP contribution is 2.27. The summed E-state index contributed by atoms with van der Waals surface area (Å²) in [6.07, 6.45) is -2.72. The van der Waals surface area contributed by atoms with Gasteiger partial charge in [0.15, 0.2) is 0 Å². The summed E-state index contributed by atoms with van der Waals surface area (Å²) >= 11 is 0. The van der Waals surface area contributed by atoms with E-state index in [1.165, 1.54) is 0 Å². The van der Waals surface area contributed by atoms with E-state index in [0.29, 0.717) is 0 Å². The van der Waals surface area contributed by atoms with Gasteiger partial charge in [0, 0.05) is 6.04 Å². The van der Waals surface area contributed by atoms with Crippen molar-refractivity contribution in [3.63, 3.8) is 0 Å². The van der Waals surface area contributed by atoms with Gasteiger partial charge in [0.05, 0.1) is 12.7 Å². The molecule has 1 aromatic carbocycles. The Balaban J connectivity index is 1.99. The first-order chi connectivity index (χ1) is 9.50. The standard InChI is InChI=1S/C14H16F3N3/c1-2-11(10-6-4-3-5-7-10)18-9-13-19-8-12(20-13)14(15,16)17/h3-8,11,18H,2,9H2,1H3,(H,19,20). The van der Waals surface area contributed by atoms with Crippen molar-refractivity contribution in [1.82, 2.24) is 15.3 Å². The third-order valence-electron chi connectivity index (χ3n) is 3.06. The normalized spacial score (nSPS) is 13.4. The molecule has 0 spiro atoms. The number of hydrogen-bond acceptors (Lipinski definition) is 2. The van der Waals surface area contributed by atoms with Crippen LogP contribution >= 0.6 is 0 Å². The molecule has 0 amide bonds. The highest BCUT2D eigenvalue weighted by molar-refractivity contribution is 5.18. The first-order valence-corrected chi connectivity index (χ1v) is 6.40. The van der Waals surface area contributed by atoms with E-state index in [1.807, 2.05) is 37.3 Å². The zero-order valence-electron chi connectivity index (χ0n) is 11.0. The van der Waals surface area contributed by atoms with E-state index in [-0.39, 0.29) is 18.4 Å². The molecule has 1 atom stereocenters. The maximum atomic E-state index is 12.4. The number of benzene rings is 1. The Morgan fingerprint density at radius 3 is 2.50 bits per heavy atom. The number of nitrogens with zero attached hydrogens (tertiary/aromatic N) is 1. The van der Waals surface area contributed by atoms with E-state index in [9.17, 15) is 13.2 Å². The topological polar surface area (TPSA) is 40.7 Å². The van der Waals surface area contributed by atoms with Crippen LogP contribution in [0.3, 0.4) is 0 Å². The number of imidazole rings is 1. The molecular weight excluding hydrogens is 267 g/mol. The van der Waals surface area contributed by atoms with Crippen LogP contribution in [0, 0.1) is 0 Å². The predicted molar refractivity (Wildman–Crippen MR) is 69.9 cm³/mol. The summed E-state index contributed by atoms with van der Waals surface area (Å²) in [4.78, 5) is 6.03. The fraction of sp³-hybridized carbons (Fsp3) is 0.357. The Kier molecular flexibility index (Phi) is 4.44. The van der Waals surface area contributed by atoms with Gasteiger partial charge in [-0.05, 0) is 12.0 Å². The van der Waals surface area contributed by atoms with Gasteiger partial charge in [-0.25, -0.2) is 4.98 Å². The number of rotatable bonds is 5. The van der Waals surface area contributed by atoms with Crippen LogP contribution in [0.2, 0.25) is 0 Å². The average molecular weight is 283 g/mol. The van der Waals surface area contributed by atoms with Crippen LogP contribution in [-0.2, 0) is 12.7 Å². The summed E-state index contributed by atoms with van der Waals surface area (Å²) in [5.74, 6) is 0.284. The number of nitrogens with one attached hydrogen (secondary N) is 2. The highest BCUT2D eigenvalue weighted by atomic mass is 19.4. The van der Waals surface area contributed by atoms with Gasteiger partial charge in [-0.3, -0.25) is 0 Å². The molecule has 1 unspecified atom stereocenters. The van der Waals surface area contributed by atoms with Gasteiger partial charge in [0.25, 0.3) is 0 Å². The second-order valence-electron chi connectivity index (χ2n) is 4.49. The van der Waals surface area contributed by atoms with Crippen LogP contribution in [0.15, 0.2) is 36.5 Å². The fourth-order valence-electron chi connectivity index (χ4n) is 2.00. The van der Waals surface area contributed by atoms with Gasteiger partial charge in [-0.1, -0.05) is 37.3 Å². The van der Waals surface area contributed by atoms with E-state index >= 15 is 0 Å². The summed E-state index contributed by atoms with van der Waals surface area (Å²) < 4.78 is 37.3. The van der Waals surface area contributed by atoms with Gasteiger partial charge < -0.3 is 10.3 Å². The highest BCUT2D eigenvalue weighted by Gasteiger charge is 2.32. The van der Waals surface area contributed by atoms with Crippen LogP contribution in [0.1, 0.15) is 36.5 Å². The van der Waals surface area contributed by atoms with Gasteiger partial charge >= 0.3 is 6.18 Å². The number of aromatic nitrogens is 2. The molecule has 2 N–H and O–H groups in total. The van der Waals surface area contributed by atoms with Crippen LogP contribution < -0.4 is 5.32 Å². The lowest BCUT2D eigenvalue weighted by molar-refractivity contribution is -0.140.